The summed E-state index contributed by atoms with van der Waals surface area (Å²) in [6.45, 7) is 0. The van der Waals surface area contributed by atoms with Crippen molar-refractivity contribution in [1.82, 2.24) is 0 Å². The van der Waals surface area contributed by atoms with E-state index in [0.29, 0.717) is 16.8 Å². The summed E-state index contributed by atoms with van der Waals surface area (Å²) in [5.41, 5.74) is 11.6. The van der Waals surface area contributed by atoms with Gasteiger partial charge in [0.15, 0.2) is 0 Å². The fourth-order valence-corrected chi connectivity index (χ4v) is 3.99. The average molecular weight is 380 g/mol. The molecule has 120 valence electrons. The van der Waals surface area contributed by atoms with Gasteiger partial charge in [-0.1, -0.05) is 40.9 Å². The van der Waals surface area contributed by atoms with Gasteiger partial charge < -0.3 is 5.73 Å². The quantitative estimate of drug-likeness (QED) is 0.700. The molecule has 0 amide bonds. The van der Waals surface area contributed by atoms with Gasteiger partial charge in [0.05, 0.1) is 16.8 Å². The Bertz CT molecular complexity index is 872. The van der Waals surface area contributed by atoms with Crippen LogP contribution < -0.4 is 5.73 Å². The largest absolute Gasteiger partial charge is 0.397 e. The summed E-state index contributed by atoms with van der Waals surface area (Å²) >= 11 is 3.51. The lowest BCUT2D eigenvalue weighted by atomic mass is 9.81. The zero-order chi connectivity index (χ0) is 17.1. The van der Waals surface area contributed by atoms with E-state index in [1.54, 1.807) is 0 Å². The third-order valence-electron chi connectivity index (χ3n) is 4.70. The van der Waals surface area contributed by atoms with E-state index in [-0.39, 0.29) is 0 Å². The lowest BCUT2D eigenvalue weighted by Gasteiger charge is -2.22. The minimum Gasteiger partial charge on any atom is -0.397 e. The number of rotatable bonds is 1. The summed E-state index contributed by atoms with van der Waals surface area (Å²) < 4.78 is 0.964. The van der Waals surface area contributed by atoms with Crippen LogP contribution in [0.1, 0.15) is 47.9 Å². The van der Waals surface area contributed by atoms with Gasteiger partial charge in [-0.3, -0.25) is 0 Å². The van der Waals surface area contributed by atoms with E-state index in [1.807, 2.05) is 24.3 Å². The smallest absolute Gasteiger partial charge is 0.102 e. The first kappa shape index (κ1) is 16.6. The topological polar surface area (TPSA) is 73.6 Å². The van der Waals surface area contributed by atoms with Crippen LogP contribution >= 0.6 is 15.9 Å². The first-order valence-electron chi connectivity index (χ1n) is 8.20. The van der Waals surface area contributed by atoms with Crippen molar-refractivity contribution >= 4 is 21.6 Å². The molecule has 1 aliphatic rings. The molecule has 2 aromatic rings. The molecule has 24 heavy (non-hydrogen) atoms. The van der Waals surface area contributed by atoms with Crippen molar-refractivity contribution < 1.29 is 0 Å². The molecule has 0 saturated heterocycles. The van der Waals surface area contributed by atoms with E-state index in [1.165, 1.54) is 12.8 Å². The Morgan fingerprint density at radius 1 is 0.917 bits per heavy atom. The molecule has 0 heterocycles. The summed E-state index contributed by atoms with van der Waals surface area (Å²) in [5, 5.41) is 19.3. The van der Waals surface area contributed by atoms with Gasteiger partial charge in [-0.05, 0) is 54.5 Å². The first-order chi connectivity index (χ1) is 11.7. The van der Waals surface area contributed by atoms with Gasteiger partial charge in [-0.15, -0.1) is 0 Å². The maximum absolute atomic E-state index is 9.73. The molecule has 0 fully saturated rings. The van der Waals surface area contributed by atoms with Gasteiger partial charge in [-0.2, -0.15) is 10.5 Å². The summed E-state index contributed by atoms with van der Waals surface area (Å²) in [6, 6.07) is 12.4. The number of nitrogens with two attached hydrogens (primary N) is 1. The molecule has 0 aromatic heterocycles. The minimum atomic E-state index is 0.328. The van der Waals surface area contributed by atoms with Crippen molar-refractivity contribution in [2.75, 3.05) is 5.73 Å². The highest BCUT2D eigenvalue weighted by molar-refractivity contribution is 9.10. The van der Waals surface area contributed by atoms with Gasteiger partial charge in [0.25, 0.3) is 0 Å². The Morgan fingerprint density at radius 3 is 2.21 bits per heavy atom. The second-order valence-corrected chi connectivity index (χ2v) is 7.06. The van der Waals surface area contributed by atoms with Crippen LogP contribution in [-0.2, 0) is 12.8 Å². The van der Waals surface area contributed by atoms with Crippen molar-refractivity contribution in [3.8, 4) is 23.3 Å². The highest BCUT2D eigenvalue weighted by Crippen LogP contribution is 2.39. The summed E-state index contributed by atoms with van der Waals surface area (Å²) in [7, 11) is 0. The number of benzene rings is 2. The summed E-state index contributed by atoms with van der Waals surface area (Å²) in [4.78, 5) is 0. The third-order valence-corrected chi connectivity index (χ3v) is 5.19. The second kappa shape index (κ2) is 7.07. The normalized spacial score (nSPS) is 14.0. The molecular formula is C20H18BrN3. The van der Waals surface area contributed by atoms with E-state index in [0.717, 1.165) is 52.4 Å². The van der Waals surface area contributed by atoms with Gasteiger partial charge in [0.2, 0.25) is 0 Å². The molecule has 0 radical (unpaired) electrons. The Morgan fingerprint density at radius 2 is 1.58 bits per heavy atom. The lowest BCUT2D eigenvalue weighted by Crippen LogP contribution is -2.10. The van der Waals surface area contributed by atoms with Crippen LogP contribution in [0.15, 0.2) is 28.7 Å². The highest BCUT2D eigenvalue weighted by atomic mass is 79.9. The Labute approximate surface area is 150 Å². The molecule has 0 spiro atoms. The molecule has 2 aromatic carbocycles. The molecule has 0 saturated carbocycles. The Kier molecular flexibility index (Phi) is 4.88. The number of nitrogens with zero attached hydrogens (tertiary/aromatic N) is 2. The molecule has 0 unspecified atom stereocenters. The fraction of sp³-hybridized carbons (Fsp3) is 0.300. The van der Waals surface area contributed by atoms with E-state index >= 15 is 0 Å². The standard InChI is InChI=1S/C20H18BrN3/c21-14-7-5-6-13(10-14)19-16-9-4-2-1-3-8-15(16)17(11-22)20(24)18(19)12-23/h5-7,10H,1-4,8-9,24H2. The first-order valence-corrected chi connectivity index (χ1v) is 9.00. The lowest BCUT2D eigenvalue weighted by molar-refractivity contribution is 0.617. The number of halogens is 1. The zero-order valence-electron chi connectivity index (χ0n) is 13.4. The number of anilines is 1. The second-order valence-electron chi connectivity index (χ2n) is 6.14. The van der Waals surface area contributed by atoms with Crippen molar-refractivity contribution in [1.29, 1.82) is 10.5 Å². The number of hydrogen-bond donors (Lipinski definition) is 1. The fourth-order valence-electron chi connectivity index (χ4n) is 3.59. The SMILES string of the molecule is N#Cc1c(N)c(C#N)c(-c2cccc(Br)c2)c2c1CCCCCC2. The molecule has 4 heteroatoms. The molecule has 2 N–H and O–H groups in total. The van der Waals surface area contributed by atoms with Gasteiger partial charge in [0.1, 0.15) is 12.1 Å². The van der Waals surface area contributed by atoms with Crippen LogP contribution in [-0.4, -0.2) is 0 Å². The minimum absolute atomic E-state index is 0.328. The van der Waals surface area contributed by atoms with Gasteiger partial charge in [0, 0.05) is 10.0 Å². The molecule has 0 atom stereocenters. The van der Waals surface area contributed by atoms with Crippen LogP contribution in [0.5, 0.6) is 0 Å². The van der Waals surface area contributed by atoms with E-state index < -0.39 is 0 Å². The molecule has 1 aliphatic carbocycles. The molecule has 3 nitrogen and oxygen atoms in total. The molecule has 0 aliphatic heterocycles. The van der Waals surface area contributed by atoms with Gasteiger partial charge >= 0.3 is 0 Å². The highest BCUT2D eigenvalue weighted by Gasteiger charge is 2.24. The molecular weight excluding hydrogens is 362 g/mol. The van der Waals surface area contributed by atoms with Crippen LogP contribution in [0.4, 0.5) is 5.69 Å². The number of hydrogen-bond acceptors (Lipinski definition) is 3. The molecule has 3 rings (SSSR count). The predicted molar refractivity (Wildman–Crippen MR) is 99.3 cm³/mol. The van der Waals surface area contributed by atoms with Gasteiger partial charge in [-0.25, -0.2) is 0 Å². The van der Waals surface area contributed by atoms with Crippen LogP contribution in [0.3, 0.4) is 0 Å². The van der Waals surface area contributed by atoms with Crippen molar-refractivity contribution in [2.24, 2.45) is 0 Å². The number of nitrogen functional groups attached to an aromatic ring is 1. The Balaban J connectivity index is 2.39. The van der Waals surface area contributed by atoms with Crippen molar-refractivity contribution in [2.45, 2.75) is 38.5 Å². The van der Waals surface area contributed by atoms with Crippen molar-refractivity contribution in [3.63, 3.8) is 0 Å². The third kappa shape index (κ3) is 2.90. The van der Waals surface area contributed by atoms with E-state index in [4.69, 9.17) is 5.73 Å². The average Bonchev–Trinajstić information content (AvgIpc) is 2.55. The van der Waals surface area contributed by atoms with Crippen LogP contribution in [0.2, 0.25) is 0 Å². The zero-order valence-corrected chi connectivity index (χ0v) is 15.0. The molecule has 0 bridgehead atoms. The Hall–Kier alpha value is -2.30. The maximum atomic E-state index is 9.73. The van der Waals surface area contributed by atoms with Crippen molar-refractivity contribution in [3.05, 3.63) is 51.0 Å². The predicted octanol–water partition coefficient (Wildman–Crippen LogP) is 5.10. The van der Waals surface area contributed by atoms with Crippen LogP contribution in [0, 0.1) is 22.7 Å². The number of nitriles is 2. The summed E-state index contributed by atoms with van der Waals surface area (Å²) in [6.07, 6.45) is 6.25. The number of fused-ring (bicyclic) bond motifs is 1. The monoisotopic (exact) mass is 379 g/mol. The van der Waals surface area contributed by atoms with E-state index in [9.17, 15) is 10.5 Å². The maximum Gasteiger partial charge on any atom is 0.102 e. The van der Waals surface area contributed by atoms with Crippen LogP contribution in [0.25, 0.3) is 11.1 Å². The van der Waals surface area contributed by atoms with E-state index in [2.05, 4.69) is 28.1 Å². The summed E-state index contributed by atoms with van der Waals surface area (Å²) in [5.74, 6) is 0.